The van der Waals surface area contributed by atoms with Gasteiger partial charge in [-0.05, 0) is 69.9 Å². The van der Waals surface area contributed by atoms with Crippen molar-refractivity contribution in [2.45, 2.75) is 71.1 Å². The van der Waals surface area contributed by atoms with Crippen LogP contribution in [0.4, 0.5) is 10.5 Å². The number of aromatic hydroxyl groups is 1. The highest BCUT2D eigenvalue weighted by Crippen LogP contribution is 2.31. The Morgan fingerprint density at radius 3 is 2.52 bits per heavy atom. The highest BCUT2D eigenvalue weighted by molar-refractivity contribution is 5.72. The summed E-state index contributed by atoms with van der Waals surface area (Å²) in [5.74, 6) is 2.18. The lowest BCUT2D eigenvalue weighted by molar-refractivity contribution is 0.0126. The summed E-state index contributed by atoms with van der Waals surface area (Å²) in [5.41, 5.74) is 12.9. The molecule has 2 aromatic rings. The number of hydrogen-bond donors (Lipinski definition) is 4. The summed E-state index contributed by atoms with van der Waals surface area (Å²) in [4.78, 5) is 16.6. The Bertz CT molecular complexity index is 1380. The third kappa shape index (κ3) is 7.84. The Balaban J connectivity index is 1.24. The molecule has 0 aliphatic carbocycles. The number of hydrazine groups is 1. The standard InChI is InChI=1S/C34H48N6O4/c1-23-13-14-25(22-40(21-23)30-20-29(37-38(5)32(30)35)28-11-6-7-12-31(28)41)36-24-9-8-10-27(19-24)43-26-15-17-39(18-16-26)33(42)44-34(2,3)4/h6-12,19-20,23,25-26,36-37,41H,13-18,21-22,35H2,1-5H3/t23-,25+/m0/s1. The average Bonchev–Trinajstić information content (AvgIpc) is 3.15. The Labute approximate surface area is 261 Å². The minimum Gasteiger partial charge on any atom is -0.507 e. The Morgan fingerprint density at radius 1 is 1.05 bits per heavy atom. The minimum atomic E-state index is -0.496. The van der Waals surface area contributed by atoms with Crippen LogP contribution in [0.1, 0.15) is 58.9 Å². The van der Waals surface area contributed by atoms with Gasteiger partial charge in [-0.3, -0.25) is 10.4 Å². The molecule has 10 heteroatoms. The molecule has 1 amide bonds. The number of anilines is 1. The SMILES string of the molecule is C[C@H]1CC[C@@H](Nc2cccc(OC3CCN(C(=O)OC(C)(C)C)CC3)c2)CN(C2=C(N)N(C)NC(c3ccccc3O)=C2)C1. The molecule has 0 saturated carbocycles. The van der Waals surface area contributed by atoms with Gasteiger partial charge in [-0.15, -0.1) is 0 Å². The van der Waals surface area contributed by atoms with E-state index in [1.54, 1.807) is 11.0 Å². The Morgan fingerprint density at radius 2 is 1.80 bits per heavy atom. The molecule has 0 radical (unpaired) electrons. The number of nitrogens with one attached hydrogen (secondary N) is 2. The molecule has 2 saturated heterocycles. The Hall–Kier alpha value is -4.21. The van der Waals surface area contributed by atoms with Crippen LogP contribution in [0, 0.1) is 5.92 Å². The topological polar surface area (TPSA) is 116 Å². The smallest absolute Gasteiger partial charge is 0.410 e. The van der Waals surface area contributed by atoms with Crippen molar-refractivity contribution in [1.82, 2.24) is 20.2 Å². The molecule has 10 nitrogen and oxygen atoms in total. The molecule has 0 spiro atoms. The Kier molecular flexibility index (Phi) is 9.36. The number of amides is 1. The van der Waals surface area contributed by atoms with E-state index in [4.69, 9.17) is 15.2 Å². The van der Waals surface area contributed by atoms with Crippen molar-refractivity contribution in [3.8, 4) is 11.5 Å². The van der Waals surface area contributed by atoms with E-state index in [1.165, 1.54) is 0 Å². The zero-order valence-electron chi connectivity index (χ0n) is 26.7. The number of carbonyl (C=O) groups excluding carboxylic acids is 1. The summed E-state index contributed by atoms with van der Waals surface area (Å²) in [6, 6.07) is 15.7. The zero-order chi connectivity index (χ0) is 31.4. The molecule has 44 heavy (non-hydrogen) atoms. The molecule has 3 aliphatic rings. The number of carbonyl (C=O) groups is 1. The second-order valence-corrected chi connectivity index (χ2v) is 13.3. The van der Waals surface area contributed by atoms with Crippen LogP contribution in [0.5, 0.6) is 11.5 Å². The van der Waals surface area contributed by atoms with E-state index in [-0.39, 0.29) is 24.0 Å². The highest BCUT2D eigenvalue weighted by atomic mass is 16.6. The number of para-hydroxylation sites is 1. The quantitative estimate of drug-likeness (QED) is 0.349. The van der Waals surface area contributed by atoms with Crippen LogP contribution in [0.15, 0.2) is 66.1 Å². The lowest BCUT2D eigenvalue weighted by Crippen LogP contribution is -2.44. The van der Waals surface area contributed by atoms with Gasteiger partial charge in [0.25, 0.3) is 0 Å². The van der Waals surface area contributed by atoms with Gasteiger partial charge in [0.2, 0.25) is 0 Å². The van der Waals surface area contributed by atoms with Gasteiger partial charge in [0.05, 0.1) is 11.4 Å². The predicted molar refractivity (Wildman–Crippen MR) is 173 cm³/mol. The van der Waals surface area contributed by atoms with Gasteiger partial charge >= 0.3 is 6.09 Å². The molecular weight excluding hydrogens is 556 g/mol. The van der Waals surface area contributed by atoms with Gasteiger partial charge in [-0.2, -0.15) is 0 Å². The molecule has 5 N–H and O–H groups in total. The third-order valence-electron chi connectivity index (χ3n) is 8.31. The molecule has 2 aromatic carbocycles. The van der Waals surface area contributed by atoms with Gasteiger partial charge in [0.1, 0.15) is 29.0 Å². The van der Waals surface area contributed by atoms with Crippen molar-refractivity contribution in [3.63, 3.8) is 0 Å². The summed E-state index contributed by atoms with van der Waals surface area (Å²) >= 11 is 0. The van der Waals surface area contributed by atoms with E-state index < -0.39 is 5.60 Å². The first-order valence-corrected chi connectivity index (χ1v) is 15.7. The normalized spacial score (nSPS) is 21.8. The molecule has 2 atom stereocenters. The summed E-state index contributed by atoms with van der Waals surface area (Å²) in [6.07, 6.45) is 5.50. The maximum atomic E-state index is 12.4. The van der Waals surface area contributed by atoms with Crippen molar-refractivity contribution >= 4 is 17.5 Å². The number of rotatable bonds is 6. The van der Waals surface area contributed by atoms with E-state index in [0.29, 0.717) is 24.8 Å². The first kappa shape index (κ1) is 31.2. The van der Waals surface area contributed by atoms with Crippen LogP contribution in [0.25, 0.3) is 5.70 Å². The van der Waals surface area contributed by atoms with Crippen molar-refractivity contribution in [2.75, 3.05) is 38.5 Å². The molecule has 2 fully saturated rings. The lowest BCUT2D eigenvalue weighted by Gasteiger charge is -2.36. The van der Waals surface area contributed by atoms with Crippen LogP contribution in [-0.2, 0) is 4.74 Å². The summed E-state index contributed by atoms with van der Waals surface area (Å²) in [5, 5.41) is 16.1. The maximum Gasteiger partial charge on any atom is 0.410 e. The van der Waals surface area contributed by atoms with E-state index in [0.717, 1.165) is 67.2 Å². The van der Waals surface area contributed by atoms with Gasteiger partial charge in [-0.1, -0.05) is 25.1 Å². The number of allylic oxidation sites excluding steroid dienone is 1. The summed E-state index contributed by atoms with van der Waals surface area (Å²) < 4.78 is 11.9. The van der Waals surface area contributed by atoms with Gasteiger partial charge < -0.3 is 35.4 Å². The lowest BCUT2D eigenvalue weighted by atomic mass is 10.0. The molecule has 3 heterocycles. The number of nitrogens with two attached hydrogens (primary N) is 1. The molecule has 0 bridgehead atoms. The van der Waals surface area contributed by atoms with Crippen molar-refractivity contribution < 1.29 is 19.4 Å². The maximum absolute atomic E-state index is 12.4. The number of benzene rings is 2. The molecular formula is C34H48N6O4. The number of ether oxygens (including phenoxy) is 2. The first-order valence-electron chi connectivity index (χ1n) is 15.7. The predicted octanol–water partition coefficient (Wildman–Crippen LogP) is 5.30. The van der Waals surface area contributed by atoms with Gasteiger partial charge in [0, 0.05) is 69.4 Å². The first-order chi connectivity index (χ1) is 20.9. The largest absolute Gasteiger partial charge is 0.507 e. The van der Waals surface area contributed by atoms with Gasteiger partial charge in [0.15, 0.2) is 0 Å². The van der Waals surface area contributed by atoms with Gasteiger partial charge in [-0.25, -0.2) is 4.79 Å². The fourth-order valence-corrected chi connectivity index (χ4v) is 6.02. The number of hydrogen-bond acceptors (Lipinski definition) is 9. The van der Waals surface area contributed by atoms with Crippen LogP contribution < -0.4 is 21.2 Å². The van der Waals surface area contributed by atoms with Crippen LogP contribution in [0.3, 0.4) is 0 Å². The fourth-order valence-electron chi connectivity index (χ4n) is 6.02. The van der Waals surface area contributed by atoms with E-state index in [2.05, 4.69) is 34.7 Å². The van der Waals surface area contributed by atoms with Crippen LogP contribution in [0.2, 0.25) is 0 Å². The summed E-state index contributed by atoms with van der Waals surface area (Å²) in [7, 11) is 1.90. The molecule has 0 aromatic heterocycles. The van der Waals surface area contributed by atoms with Crippen molar-refractivity contribution in [1.29, 1.82) is 0 Å². The molecule has 238 valence electrons. The average molecular weight is 605 g/mol. The van der Waals surface area contributed by atoms with Crippen molar-refractivity contribution in [2.24, 2.45) is 11.7 Å². The highest BCUT2D eigenvalue weighted by Gasteiger charge is 2.29. The summed E-state index contributed by atoms with van der Waals surface area (Å²) in [6.45, 7) is 10.9. The zero-order valence-corrected chi connectivity index (χ0v) is 26.7. The number of phenolic OH excluding ortho intramolecular Hbond substituents is 1. The van der Waals surface area contributed by atoms with Crippen LogP contribution >= 0.6 is 0 Å². The van der Waals surface area contributed by atoms with Crippen LogP contribution in [-0.4, -0.2) is 77.0 Å². The number of phenols is 1. The van der Waals surface area contributed by atoms with E-state index in [9.17, 15) is 9.90 Å². The molecule has 5 rings (SSSR count). The number of likely N-dealkylation sites (tertiary alicyclic amines) is 2. The number of piperidine rings is 1. The van der Waals surface area contributed by atoms with Crippen molar-refractivity contribution in [3.05, 3.63) is 71.7 Å². The number of nitrogens with zero attached hydrogens (tertiary/aromatic N) is 3. The minimum absolute atomic E-state index is 0.0509. The molecule has 3 aliphatic heterocycles. The van der Waals surface area contributed by atoms with E-state index >= 15 is 0 Å². The fraction of sp³-hybridized carbons (Fsp3) is 0.500. The monoisotopic (exact) mass is 604 g/mol. The second kappa shape index (κ2) is 13.2. The second-order valence-electron chi connectivity index (χ2n) is 13.3. The molecule has 0 unspecified atom stereocenters. The third-order valence-corrected chi connectivity index (χ3v) is 8.31. The van der Waals surface area contributed by atoms with E-state index in [1.807, 2.05) is 69.2 Å².